The molecule has 134 valence electrons. The summed E-state index contributed by atoms with van der Waals surface area (Å²) in [4.78, 5) is 22.4. The molecule has 0 unspecified atom stereocenters. The molecule has 0 saturated heterocycles. The minimum atomic E-state index is 0. The van der Waals surface area contributed by atoms with Crippen molar-refractivity contribution in [1.29, 1.82) is 0 Å². The Morgan fingerprint density at radius 3 is 2.38 bits per heavy atom. The molecule has 4 nitrogen and oxygen atoms in total. The number of nitrogens with one attached hydrogen (secondary N) is 1. The molecule has 0 spiro atoms. The summed E-state index contributed by atoms with van der Waals surface area (Å²) in [6.45, 7) is 12.3. The van der Waals surface area contributed by atoms with Gasteiger partial charge in [-0.15, -0.1) is 12.4 Å². The van der Waals surface area contributed by atoms with E-state index in [1.165, 1.54) is 11.8 Å². The molecule has 0 fully saturated rings. The fourth-order valence-corrected chi connectivity index (χ4v) is 3.38. The van der Waals surface area contributed by atoms with Gasteiger partial charge in [-0.3, -0.25) is 4.79 Å². The van der Waals surface area contributed by atoms with E-state index in [1.807, 2.05) is 17.0 Å². The number of thioether (sulfide) groups is 1. The van der Waals surface area contributed by atoms with Gasteiger partial charge in [0.05, 0.1) is 16.8 Å². The van der Waals surface area contributed by atoms with Gasteiger partial charge in [0.15, 0.2) is 5.16 Å². The Balaban J connectivity index is 0.00000288. The molecule has 0 aliphatic rings. The summed E-state index contributed by atoms with van der Waals surface area (Å²) in [6.07, 6.45) is 0. The average Bonchev–Trinajstić information content (AvgIpc) is 2.87. The van der Waals surface area contributed by atoms with Crippen molar-refractivity contribution < 1.29 is 4.79 Å². The van der Waals surface area contributed by atoms with Crippen molar-refractivity contribution in [1.82, 2.24) is 14.9 Å². The van der Waals surface area contributed by atoms with Crippen molar-refractivity contribution in [3.05, 3.63) is 23.8 Å². The number of fused-ring (bicyclic) bond motifs is 1. The summed E-state index contributed by atoms with van der Waals surface area (Å²) in [5.74, 6) is 1.58. The number of imidazole rings is 1. The van der Waals surface area contributed by atoms with E-state index in [1.54, 1.807) is 0 Å². The number of carbonyl (C=O) groups is 1. The van der Waals surface area contributed by atoms with Gasteiger partial charge in [0.2, 0.25) is 5.91 Å². The number of carbonyl (C=O) groups excluding carboxylic acids is 1. The van der Waals surface area contributed by atoms with Crippen LogP contribution in [0.25, 0.3) is 11.0 Å². The number of hydrogen-bond donors (Lipinski definition) is 1. The van der Waals surface area contributed by atoms with Gasteiger partial charge in [-0.25, -0.2) is 4.98 Å². The number of amides is 1. The fourth-order valence-electron chi connectivity index (χ4n) is 2.60. The highest BCUT2D eigenvalue weighted by molar-refractivity contribution is 7.99. The molecule has 1 amide bonds. The number of H-pyrrole nitrogens is 1. The molecule has 0 bridgehead atoms. The summed E-state index contributed by atoms with van der Waals surface area (Å²) < 4.78 is 0. The third-order valence-electron chi connectivity index (χ3n) is 3.55. The first-order valence-corrected chi connectivity index (χ1v) is 9.21. The molecule has 2 rings (SSSR count). The Labute approximate surface area is 155 Å². The molecular formula is C18H28ClN3OS. The maximum absolute atomic E-state index is 12.5. The highest BCUT2D eigenvalue weighted by Gasteiger charge is 2.17. The monoisotopic (exact) mass is 369 g/mol. The summed E-state index contributed by atoms with van der Waals surface area (Å²) in [5.41, 5.74) is 3.17. The van der Waals surface area contributed by atoms with E-state index in [-0.39, 0.29) is 18.3 Å². The zero-order chi connectivity index (χ0) is 17.0. The zero-order valence-electron chi connectivity index (χ0n) is 15.1. The molecule has 0 aliphatic heterocycles. The summed E-state index contributed by atoms with van der Waals surface area (Å²) >= 11 is 1.49. The van der Waals surface area contributed by atoms with E-state index in [4.69, 9.17) is 0 Å². The summed E-state index contributed by atoms with van der Waals surface area (Å²) in [6, 6.07) is 6.09. The normalized spacial score (nSPS) is 11.1. The van der Waals surface area contributed by atoms with Crippen LogP contribution in [0.15, 0.2) is 23.4 Å². The standard InChI is InChI=1S/C18H27N3OS.ClH/c1-12(2)9-21(10-13(3)4)16(22)11-23-18-19-15-8-6-7-14(5)17(15)20-18;/h6-8,12-13H,9-11H2,1-5H3,(H,19,20);1H. The van der Waals surface area contributed by atoms with E-state index >= 15 is 0 Å². The lowest BCUT2D eigenvalue weighted by atomic mass is 10.1. The number of nitrogens with zero attached hydrogens (tertiary/aromatic N) is 2. The van der Waals surface area contributed by atoms with E-state index in [9.17, 15) is 4.79 Å². The quantitative estimate of drug-likeness (QED) is 0.729. The first-order chi connectivity index (χ1) is 10.9. The van der Waals surface area contributed by atoms with Gasteiger partial charge in [0, 0.05) is 13.1 Å². The first kappa shape index (κ1) is 20.8. The van der Waals surface area contributed by atoms with Crippen molar-refractivity contribution in [3.8, 4) is 0 Å². The zero-order valence-corrected chi connectivity index (χ0v) is 16.8. The lowest BCUT2D eigenvalue weighted by Gasteiger charge is -2.26. The number of aromatic amines is 1. The SMILES string of the molecule is Cc1cccc2[nH]c(SCC(=O)N(CC(C)C)CC(C)C)nc12.Cl. The van der Waals surface area contributed by atoms with E-state index in [0.717, 1.165) is 34.8 Å². The fraction of sp³-hybridized carbons (Fsp3) is 0.556. The lowest BCUT2D eigenvalue weighted by Crippen LogP contribution is -2.38. The number of benzene rings is 1. The van der Waals surface area contributed by atoms with Crippen LogP contribution in [-0.2, 0) is 4.79 Å². The van der Waals surface area contributed by atoms with Gasteiger partial charge < -0.3 is 9.88 Å². The predicted octanol–water partition coefficient (Wildman–Crippen LogP) is 4.53. The van der Waals surface area contributed by atoms with Crippen LogP contribution in [0.1, 0.15) is 33.3 Å². The molecule has 1 aromatic heterocycles. The van der Waals surface area contributed by atoms with Crippen molar-refractivity contribution in [3.63, 3.8) is 0 Å². The third kappa shape index (κ3) is 5.71. The second kappa shape index (κ2) is 9.33. The van der Waals surface area contributed by atoms with E-state index < -0.39 is 0 Å². The van der Waals surface area contributed by atoms with Crippen LogP contribution >= 0.6 is 24.2 Å². The molecule has 2 aromatic rings. The second-order valence-corrected chi connectivity index (χ2v) is 7.85. The molecular weight excluding hydrogens is 342 g/mol. The van der Waals surface area contributed by atoms with Crippen molar-refractivity contribution in [2.45, 2.75) is 39.8 Å². The Morgan fingerprint density at radius 1 is 1.21 bits per heavy atom. The van der Waals surface area contributed by atoms with Crippen molar-refractivity contribution in [2.24, 2.45) is 11.8 Å². The Hall–Kier alpha value is -1.20. The van der Waals surface area contributed by atoms with Crippen LogP contribution < -0.4 is 0 Å². The molecule has 6 heteroatoms. The molecule has 0 aliphatic carbocycles. The van der Waals surface area contributed by atoms with Gasteiger partial charge in [-0.05, 0) is 30.4 Å². The van der Waals surface area contributed by atoms with Crippen LogP contribution in [-0.4, -0.2) is 39.6 Å². The first-order valence-electron chi connectivity index (χ1n) is 8.22. The van der Waals surface area contributed by atoms with E-state index in [0.29, 0.717) is 17.6 Å². The van der Waals surface area contributed by atoms with Gasteiger partial charge in [0.25, 0.3) is 0 Å². The largest absolute Gasteiger partial charge is 0.341 e. The van der Waals surface area contributed by atoms with Crippen molar-refractivity contribution in [2.75, 3.05) is 18.8 Å². The molecule has 0 saturated carbocycles. The molecule has 0 radical (unpaired) electrons. The molecule has 1 N–H and O–H groups in total. The van der Waals surface area contributed by atoms with Gasteiger partial charge in [-0.2, -0.15) is 0 Å². The number of aromatic nitrogens is 2. The highest BCUT2D eigenvalue weighted by Crippen LogP contribution is 2.22. The number of para-hydroxylation sites is 1. The number of aryl methyl sites for hydroxylation is 1. The Kier molecular flexibility index (Phi) is 8.10. The molecule has 1 heterocycles. The van der Waals surface area contributed by atoms with Gasteiger partial charge in [-0.1, -0.05) is 51.6 Å². The van der Waals surface area contributed by atoms with Crippen LogP contribution in [0.5, 0.6) is 0 Å². The minimum absolute atomic E-state index is 0. The minimum Gasteiger partial charge on any atom is -0.341 e. The molecule has 0 atom stereocenters. The Morgan fingerprint density at radius 2 is 1.83 bits per heavy atom. The third-order valence-corrected chi connectivity index (χ3v) is 4.41. The highest BCUT2D eigenvalue weighted by atomic mass is 35.5. The maximum atomic E-state index is 12.5. The topological polar surface area (TPSA) is 49.0 Å². The summed E-state index contributed by atoms with van der Waals surface area (Å²) in [5, 5.41) is 0.816. The second-order valence-electron chi connectivity index (χ2n) is 6.89. The van der Waals surface area contributed by atoms with Crippen LogP contribution in [0.2, 0.25) is 0 Å². The summed E-state index contributed by atoms with van der Waals surface area (Å²) in [7, 11) is 0. The molecule has 1 aromatic carbocycles. The predicted molar refractivity (Wildman–Crippen MR) is 105 cm³/mol. The number of halogens is 1. The Bertz CT molecular complexity index is 659. The lowest BCUT2D eigenvalue weighted by molar-refractivity contribution is -0.129. The van der Waals surface area contributed by atoms with Gasteiger partial charge in [0.1, 0.15) is 0 Å². The van der Waals surface area contributed by atoms with Crippen molar-refractivity contribution >= 4 is 41.1 Å². The number of hydrogen-bond acceptors (Lipinski definition) is 3. The van der Waals surface area contributed by atoms with Crippen LogP contribution in [0, 0.1) is 18.8 Å². The number of rotatable bonds is 7. The smallest absolute Gasteiger partial charge is 0.233 e. The average molecular weight is 370 g/mol. The molecule has 24 heavy (non-hydrogen) atoms. The van der Waals surface area contributed by atoms with E-state index in [2.05, 4.69) is 50.7 Å². The van der Waals surface area contributed by atoms with Gasteiger partial charge >= 0.3 is 0 Å². The maximum Gasteiger partial charge on any atom is 0.233 e. The van der Waals surface area contributed by atoms with Crippen LogP contribution in [0.4, 0.5) is 0 Å². The van der Waals surface area contributed by atoms with Crippen LogP contribution in [0.3, 0.4) is 0 Å².